The zero-order chi connectivity index (χ0) is 19.4. The minimum absolute atomic E-state index is 0.0945. The van der Waals surface area contributed by atoms with Crippen molar-refractivity contribution >= 4 is 29.1 Å². The second-order valence-electron chi connectivity index (χ2n) is 6.18. The minimum Gasteiger partial charge on any atom is -0.324 e. The average Bonchev–Trinajstić information content (AvgIpc) is 3.11. The summed E-state index contributed by atoms with van der Waals surface area (Å²) in [7, 11) is 0. The molecule has 6 nitrogen and oxygen atoms in total. The van der Waals surface area contributed by atoms with E-state index in [1.165, 1.54) is 24.2 Å². The molecule has 0 radical (unpaired) electrons. The Morgan fingerprint density at radius 1 is 1.11 bits per heavy atom. The number of hydrogen-bond acceptors (Lipinski definition) is 5. The number of carbonyl (C=O) groups is 2. The van der Waals surface area contributed by atoms with Crippen LogP contribution in [0.2, 0.25) is 0 Å². The van der Waals surface area contributed by atoms with E-state index in [-0.39, 0.29) is 11.7 Å². The van der Waals surface area contributed by atoms with Crippen molar-refractivity contribution in [2.45, 2.75) is 31.2 Å². The quantitative estimate of drug-likeness (QED) is 0.496. The largest absolute Gasteiger partial charge is 0.324 e. The number of hydrogen-bond donors (Lipinski definition) is 2. The molecule has 27 heavy (non-hydrogen) atoms. The maximum absolute atomic E-state index is 12.5. The lowest BCUT2D eigenvalue weighted by atomic mass is 10.1. The van der Waals surface area contributed by atoms with Crippen LogP contribution in [0.4, 0.5) is 5.69 Å². The van der Waals surface area contributed by atoms with E-state index in [0.717, 1.165) is 5.56 Å². The predicted molar refractivity (Wildman–Crippen MR) is 107 cm³/mol. The lowest BCUT2D eigenvalue weighted by Crippen LogP contribution is -2.23. The van der Waals surface area contributed by atoms with E-state index in [2.05, 4.69) is 20.5 Å². The molecule has 0 saturated heterocycles. The molecular formula is C20H20N4O2S. The number of thioether (sulfide) groups is 1. The molecule has 0 unspecified atom stereocenters. The van der Waals surface area contributed by atoms with Gasteiger partial charge >= 0.3 is 0 Å². The third kappa shape index (κ3) is 4.62. The van der Waals surface area contributed by atoms with Crippen LogP contribution in [-0.2, 0) is 4.79 Å². The summed E-state index contributed by atoms with van der Waals surface area (Å²) < 4.78 is 0. The summed E-state index contributed by atoms with van der Waals surface area (Å²) in [5.74, 6) is 0.352. The predicted octanol–water partition coefficient (Wildman–Crippen LogP) is 4.10. The van der Waals surface area contributed by atoms with E-state index in [1.54, 1.807) is 31.2 Å². The Bertz CT molecular complexity index is 966. The third-order valence-corrected chi connectivity index (χ3v) is 4.97. The summed E-state index contributed by atoms with van der Waals surface area (Å²) in [5.41, 5.74) is 3.11. The van der Waals surface area contributed by atoms with Gasteiger partial charge in [-0.3, -0.25) is 14.7 Å². The Balaban J connectivity index is 1.67. The number of aryl methyl sites for hydroxylation is 1. The van der Waals surface area contributed by atoms with E-state index < -0.39 is 5.25 Å². The molecule has 0 aliphatic heterocycles. The number of carbonyl (C=O) groups excluding carboxylic acids is 2. The molecule has 1 heterocycles. The minimum atomic E-state index is -0.424. The summed E-state index contributed by atoms with van der Waals surface area (Å²) in [6, 6.07) is 14.9. The molecular weight excluding hydrogens is 360 g/mol. The van der Waals surface area contributed by atoms with Gasteiger partial charge < -0.3 is 5.32 Å². The van der Waals surface area contributed by atoms with Crippen LogP contribution in [0.1, 0.15) is 29.8 Å². The number of nitrogens with one attached hydrogen (secondary N) is 2. The number of ketones is 1. The van der Waals surface area contributed by atoms with Crippen molar-refractivity contribution in [1.29, 1.82) is 0 Å². The van der Waals surface area contributed by atoms with E-state index in [1.807, 2.05) is 31.2 Å². The molecule has 1 amide bonds. The van der Waals surface area contributed by atoms with Crippen molar-refractivity contribution in [3.63, 3.8) is 0 Å². The molecule has 0 aliphatic carbocycles. The van der Waals surface area contributed by atoms with Gasteiger partial charge in [-0.1, -0.05) is 53.7 Å². The molecule has 1 atom stereocenters. The molecule has 0 saturated carbocycles. The number of rotatable bonds is 6. The molecule has 0 fully saturated rings. The van der Waals surface area contributed by atoms with E-state index in [4.69, 9.17) is 0 Å². The lowest BCUT2D eigenvalue weighted by molar-refractivity contribution is -0.115. The highest BCUT2D eigenvalue weighted by Crippen LogP contribution is 2.24. The van der Waals surface area contributed by atoms with Crippen molar-refractivity contribution in [2.75, 3.05) is 5.32 Å². The smallest absolute Gasteiger partial charge is 0.237 e. The summed E-state index contributed by atoms with van der Waals surface area (Å²) in [6.45, 7) is 5.28. The number of H-pyrrole nitrogens is 1. The highest BCUT2D eigenvalue weighted by atomic mass is 32.2. The van der Waals surface area contributed by atoms with Gasteiger partial charge in [0.1, 0.15) is 0 Å². The van der Waals surface area contributed by atoms with Gasteiger partial charge in [-0.05, 0) is 32.9 Å². The van der Waals surface area contributed by atoms with Crippen molar-refractivity contribution in [1.82, 2.24) is 15.2 Å². The first-order valence-electron chi connectivity index (χ1n) is 8.51. The molecule has 0 bridgehead atoms. The van der Waals surface area contributed by atoms with Crippen molar-refractivity contribution in [2.24, 2.45) is 0 Å². The fourth-order valence-corrected chi connectivity index (χ4v) is 3.21. The van der Waals surface area contributed by atoms with Gasteiger partial charge in [0.2, 0.25) is 11.1 Å². The Kier molecular flexibility index (Phi) is 5.71. The number of anilines is 1. The lowest BCUT2D eigenvalue weighted by Gasteiger charge is -2.12. The second kappa shape index (κ2) is 8.18. The first-order valence-corrected chi connectivity index (χ1v) is 9.39. The second-order valence-corrected chi connectivity index (χ2v) is 7.49. The van der Waals surface area contributed by atoms with Crippen LogP contribution in [0, 0.1) is 6.92 Å². The van der Waals surface area contributed by atoms with Crippen molar-refractivity contribution in [3.8, 4) is 11.4 Å². The SMILES string of the molecule is CC(=O)c1ccccc1NC(=O)[C@H](C)Sc1n[nH]c(-c2ccc(C)cc2)n1. The molecule has 0 spiro atoms. The maximum atomic E-state index is 12.5. The van der Waals surface area contributed by atoms with Crippen LogP contribution in [0.15, 0.2) is 53.7 Å². The summed E-state index contributed by atoms with van der Waals surface area (Å²) in [6.07, 6.45) is 0. The number of para-hydroxylation sites is 1. The van der Waals surface area contributed by atoms with Crippen LogP contribution in [0.25, 0.3) is 11.4 Å². The van der Waals surface area contributed by atoms with Crippen LogP contribution >= 0.6 is 11.8 Å². The van der Waals surface area contributed by atoms with Gasteiger partial charge in [0.25, 0.3) is 0 Å². The highest BCUT2D eigenvalue weighted by molar-refractivity contribution is 8.00. The van der Waals surface area contributed by atoms with Gasteiger partial charge in [-0.25, -0.2) is 4.98 Å². The maximum Gasteiger partial charge on any atom is 0.237 e. The van der Waals surface area contributed by atoms with Crippen LogP contribution in [-0.4, -0.2) is 32.1 Å². The fourth-order valence-electron chi connectivity index (χ4n) is 2.48. The zero-order valence-corrected chi connectivity index (χ0v) is 16.1. The summed E-state index contributed by atoms with van der Waals surface area (Å²) >= 11 is 1.25. The van der Waals surface area contributed by atoms with Crippen LogP contribution in [0.3, 0.4) is 0 Å². The van der Waals surface area contributed by atoms with Gasteiger partial charge in [0.05, 0.1) is 10.9 Å². The molecule has 3 rings (SSSR count). The fraction of sp³-hybridized carbons (Fsp3) is 0.200. The molecule has 1 aromatic heterocycles. The first-order chi connectivity index (χ1) is 12.9. The number of benzene rings is 2. The number of aromatic nitrogens is 3. The molecule has 3 aromatic rings. The van der Waals surface area contributed by atoms with Gasteiger partial charge in [0, 0.05) is 11.1 Å². The Hall–Kier alpha value is -2.93. The summed E-state index contributed by atoms with van der Waals surface area (Å²) in [4.78, 5) is 28.6. The van der Waals surface area contributed by atoms with Gasteiger partial charge in [-0.2, -0.15) is 0 Å². The Morgan fingerprint density at radius 2 is 1.81 bits per heavy atom. The molecule has 2 aromatic carbocycles. The highest BCUT2D eigenvalue weighted by Gasteiger charge is 2.19. The number of nitrogens with zero attached hydrogens (tertiary/aromatic N) is 2. The van der Waals surface area contributed by atoms with Gasteiger partial charge in [0.15, 0.2) is 11.6 Å². The van der Waals surface area contributed by atoms with Crippen molar-refractivity contribution in [3.05, 3.63) is 59.7 Å². The first kappa shape index (κ1) is 18.8. The summed E-state index contributed by atoms with van der Waals surface area (Å²) in [5, 5.41) is 9.96. The molecule has 7 heteroatoms. The number of aromatic amines is 1. The zero-order valence-electron chi connectivity index (χ0n) is 15.3. The monoisotopic (exact) mass is 380 g/mol. The Morgan fingerprint density at radius 3 is 2.52 bits per heavy atom. The molecule has 0 aliphatic rings. The molecule has 2 N–H and O–H groups in total. The van der Waals surface area contributed by atoms with Gasteiger partial charge in [-0.15, -0.1) is 5.10 Å². The van der Waals surface area contributed by atoms with E-state index >= 15 is 0 Å². The topological polar surface area (TPSA) is 87.7 Å². The number of Topliss-reactive ketones (excluding diaryl/α,β-unsaturated/α-hetero) is 1. The molecule has 138 valence electrons. The van der Waals surface area contributed by atoms with Crippen molar-refractivity contribution < 1.29 is 9.59 Å². The average molecular weight is 380 g/mol. The number of amides is 1. The normalized spacial score (nSPS) is 11.8. The van der Waals surface area contributed by atoms with Crippen LogP contribution < -0.4 is 5.32 Å². The van der Waals surface area contributed by atoms with E-state index in [9.17, 15) is 9.59 Å². The van der Waals surface area contributed by atoms with E-state index in [0.29, 0.717) is 22.2 Å². The standard InChI is InChI=1S/C20H20N4O2S/c1-12-8-10-15(11-9-12)18-22-20(24-23-18)27-14(3)19(26)21-17-7-5-4-6-16(17)13(2)25/h4-11,14H,1-3H3,(H,21,26)(H,22,23,24)/t14-/m0/s1. The third-order valence-electron chi connectivity index (χ3n) is 4.01. The Labute approximate surface area is 161 Å². The van der Waals surface area contributed by atoms with Crippen LogP contribution in [0.5, 0.6) is 0 Å².